The highest BCUT2D eigenvalue weighted by Gasteiger charge is 2.09. The molecule has 0 aliphatic heterocycles. The molecule has 2 aromatic heterocycles. The van der Waals surface area contributed by atoms with E-state index in [4.69, 9.17) is 9.84 Å². The van der Waals surface area contributed by atoms with Crippen LogP contribution in [0.1, 0.15) is 9.67 Å². The molecule has 100 valence electrons. The second-order valence-corrected chi connectivity index (χ2v) is 5.02. The van der Waals surface area contributed by atoms with Crippen molar-refractivity contribution in [3.05, 3.63) is 57.0 Å². The fourth-order valence-electron chi connectivity index (χ4n) is 1.85. The van der Waals surface area contributed by atoms with Crippen LogP contribution in [0.15, 0.2) is 46.6 Å². The average molecular weight is 287 g/mol. The van der Waals surface area contributed by atoms with E-state index in [9.17, 15) is 9.59 Å². The fourth-order valence-corrected chi connectivity index (χ4v) is 2.50. The number of rotatable bonds is 3. The molecule has 3 rings (SSSR count). The zero-order chi connectivity index (χ0) is 14.1. The first-order chi connectivity index (χ1) is 9.63. The monoisotopic (exact) mass is 287 g/mol. The van der Waals surface area contributed by atoms with Crippen molar-refractivity contribution in [3.8, 4) is 11.6 Å². The van der Waals surface area contributed by atoms with Crippen LogP contribution in [0.2, 0.25) is 0 Å². The number of carboxylic acids is 1. The minimum atomic E-state index is -1.00. The molecule has 0 saturated carbocycles. The molecule has 0 aliphatic carbocycles. The molecule has 3 aromatic rings. The maximum Gasteiger partial charge on any atom is 0.346 e. The molecule has 0 aliphatic rings. The summed E-state index contributed by atoms with van der Waals surface area (Å²) in [7, 11) is 0. The number of fused-ring (bicyclic) bond motifs is 1. The third-order valence-corrected chi connectivity index (χ3v) is 3.64. The Hall–Kier alpha value is -2.60. The molecule has 2 heterocycles. The number of H-pyrrole nitrogens is 1. The third kappa shape index (κ3) is 2.28. The summed E-state index contributed by atoms with van der Waals surface area (Å²) in [5.74, 6) is -0.335. The molecule has 6 heteroatoms. The van der Waals surface area contributed by atoms with Gasteiger partial charge in [-0.1, -0.05) is 18.2 Å². The Bertz CT molecular complexity index is 850. The average Bonchev–Trinajstić information content (AvgIpc) is 2.87. The van der Waals surface area contributed by atoms with E-state index >= 15 is 0 Å². The number of aromatic amines is 1. The van der Waals surface area contributed by atoms with Crippen LogP contribution >= 0.6 is 11.3 Å². The molecule has 0 amide bonds. The molecule has 0 spiro atoms. The zero-order valence-electron chi connectivity index (χ0n) is 10.1. The highest BCUT2D eigenvalue weighted by molar-refractivity contribution is 7.12. The number of hydrogen-bond acceptors (Lipinski definition) is 4. The maximum atomic E-state index is 11.9. The van der Waals surface area contributed by atoms with Crippen LogP contribution < -0.4 is 10.3 Å². The smallest absolute Gasteiger partial charge is 0.346 e. The highest BCUT2D eigenvalue weighted by atomic mass is 32.1. The molecule has 2 N–H and O–H groups in total. The van der Waals surface area contributed by atoms with Crippen molar-refractivity contribution in [1.82, 2.24) is 4.98 Å². The second-order valence-electron chi connectivity index (χ2n) is 4.10. The van der Waals surface area contributed by atoms with Crippen LogP contribution in [0.25, 0.3) is 10.8 Å². The summed E-state index contributed by atoms with van der Waals surface area (Å²) in [6.45, 7) is 0. The first-order valence-corrected chi connectivity index (χ1v) is 6.63. The first-order valence-electron chi connectivity index (χ1n) is 5.75. The van der Waals surface area contributed by atoms with Crippen LogP contribution in [0.5, 0.6) is 11.6 Å². The molecule has 5 nitrogen and oxygen atoms in total. The quantitative estimate of drug-likeness (QED) is 0.775. The summed E-state index contributed by atoms with van der Waals surface area (Å²) >= 11 is 1.07. The second kappa shape index (κ2) is 4.82. The number of pyridine rings is 1. The molecule has 0 atom stereocenters. The zero-order valence-corrected chi connectivity index (χ0v) is 10.9. The van der Waals surface area contributed by atoms with Gasteiger partial charge in [0.05, 0.1) is 0 Å². The van der Waals surface area contributed by atoms with E-state index in [0.717, 1.165) is 16.7 Å². The van der Waals surface area contributed by atoms with Crippen molar-refractivity contribution in [3.63, 3.8) is 0 Å². The van der Waals surface area contributed by atoms with Crippen molar-refractivity contribution in [2.24, 2.45) is 0 Å². The lowest BCUT2D eigenvalue weighted by Gasteiger charge is -2.04. The molecule has 0 saturated heterocycles. The number of aromatic nitrogens is 1. The van der Waals surface area contributed by atoms with Gasteiger partial charge in [0.1, 0.15) is 10.6 Å². The number of carbonyl (C=O) groups is 1. The van der Waals surface area contributed by atoms with Crippen molar-refractivity contribution < 1.29 is 14.6 Å². The van der Waals surface area contributed by atoms with Crippen molar-refractivity contribution in [2.45, 2.75) is 0 Å². The molecule has 0 unspecified atom stereocenters. The summed E-state index contributed by atoms with van der Waals surface area (Å²) in [5.41, 5.74) is -0.244. The van der Waals surface area contributed by atoms with Gasteiger partial charge in [0.2, 0.25) is 5.88 Å². The van der Waals surface area contributed by atoms with Gasteiger partial charge in [-0.3, -0.25) is 9.78 Å². The van der Waals surface area contributed by atoms with Gasteiger partial charge in [-0.15, -0.1) is 11.3 Å². The molecule has 20 heavy (non-hydrogen) atoms. The van der Waals surface area contributed by atoms with Gasteiger partial charge < -0.3 is 9.84 Å². The van der Waals surface area contributed by atoms with Gasteiger partial charge in [-0.25, -0.2) is 4.79 Å². The summed E-state index contributed by atoms with van der Waals surface area (Å²) in [4.78, 5) is 25.5. The number of ether oxygens (including phenoxy) is 1. The van der Waals surface area contributed by atoms with E-state index in [0.29, 0.717) is 11.1 Å². The lowest BCUT2D eigenvalue weighted by atomic mass is 10.2. The predicted octanol–water partition coefficient (Wildman–Crippen LogP) is 3.08. The number of hydrogen-bond donors (Lipinski definition) is 2. The van der Waals surface area contributed by atoms with Crippen molar-refractivity contribution in [2.75, 3.05) is 0 Å². The Morgan fingerprint density at radius 1 is 1.25 bits per heavy atom. The van der Waals surface area contributed by atoms with Crippen LogP contribution in [0.4, 0.5) is 0 Å². The molecular weight excluding hydrogens is 278 g/mol. The van der Waals surface area contributed by atoms with Crippen molar-refractivity contribution in [1.29, 1.82) is 0 Å². The molecule has 0 fully saturated rings. The van der Waals surface area contributed by atoms with Gasteiger partial charge in [-0.05, 0) is 11.5 Å². The Balaban J connectivity index is 1.98. The maximum absolute atomic E-state index is 11.9. The molecule has 0 bridgehead atoms. The number of carboxylic acid groups (broad SMARTS) is 1. The third-order valence-electron chi connectivity index (χ3n) is 2.74. The lowest BCUT2D eigenvalue weighted by Crippen LogP contribution is -2.06. The Morgan fingerprint density at radius 3 is 2.80 bits per heavy atom. The van der Waals surface area contributed by atoms with E-state index in [1.165, 1.54) is 6.07 Å². The molecular formula is C14H9NO4S. The van der Waals surface area contributed by atoms with Crippen LogP contribution in [0.3, 0.4) is 0 Å². The number of thiophene rings is 1. The summed E-state index contributed by atoms with van der Waals surface area (Å²) in [5, 5.41) is 11.8. The normalized spacial score (nSPS) is 10.6. The largest absolute Gasteiger partial charge is 0.477 e. The number of benzene rings is 1. The number of aromatic carboxylic acids is 1. The predicted molar refractivity (Wildman–Crippen MR) is 75.9 cm³/mol. The van der Waals surface area contributed by atoms with Gasteiger partial charge in [0, 0.05) is 22.9 Å². The summed E-state index contributed by atoms with van der Waals surface area (Å²) in [6, 6.07) is 10.3. The van der Waals surface area contributed by atoms with Gasteiger partial charge in [0.15, 0.2) is 0 Å². The van der Waals surface area contributed by atoms with Crippen LogP contribution in [-0.2, 0) is 0 Å². The van der Waals surface area contributed by atoms with Gasteiger partial charge in [0.25, 0.3) is 5.56 Å². The van der Waals surface area contributed by atoms with Crippen LogP contribution in [-0.4, -0.2) is 16.1 Å². The van der Waals surface area contributed by atoms with E-state index in [1.807, 2.05) is 12.1 Å². The highest BCUT2D eigenvalue weighted by Crippen LogP contribution is 2.26. The van der Waals surface area contributed by atoms with Gasteiger partial charge >= 0.3 is 5.97 Å². The topological polar surface area (TPSA) is 79.4 Å². The van der Waals surface area contributed by atoms with E-state index in [2.05, 4.69) is 4.98 Å². The first kappa shape index (κ1) is 12.4. The summed E-state index contributed by atoms with van der Waals surface area (Å²) in [6.07, 6.45) is 0. The Morgan fingerprint density at radius 2 is 2.05 bits per heavy atom. The van der Waals surface area contributed by atoms with Gasteiger partial charge in [-0.2, -0.15) is 0 Å². The van der Waals surface area contributed by atoms with E-state index in [1.54, 1.807) is 23.6 Å². The summed E-state index contributed by atoms with van der Waals surface area (Å²) < 4.78 is 5.49. The van der Waals surface area contributed by atoms with Crippen LogP contribution in [0, 0.1) is 0 Å². The Kier molecular flexibility index (Phi) is 3.00. The fraction of sp³-hybridized carbons (Fsp3) is 0. The van der Waals surface area contributed by atoms with E-state index in [-0.39, 0.29) is 16.3 Å². The minimum Gasteiger partial charge on any atom is -0.477 e. The SMILES string of the molecule is O=C(O)c1cc(Oc2cc3ccccc3c(=O)[nH]2)cs1. The standard InChI is InChI=1S/C14H9NO4S/c16-13-10-4-2-1-3-8(10)5-12(15-13)19-9-6-11(14(17)18)20-7-9/h1-7H,(H,15,16)(H,17,18). The lowest BCUT2D eigenvalue weighted by molar-refractivity contribution is 0.0702. The van der Waals surface area contributed by atoms with E-state index < -0.39 is 5.97 Å². The minimum absolute atomic E-state index is 0.183. The Labute approximate surface area is 117 Å². The number of nitrogens with one attached hydrogen (secondary N) is 1. The molecule has 0 radical (unpaired) electrons. The van der Waals surface area contributed by atoms with Crippen molar-refractivity contribution >= 4 is 28.1 Å². The molecule has 1 aromatic carbocycles.